The molecule has 1 aromatic heterocycles. The van der Waals surface area contributed by atoms with Crippen molar-refractivity contribution in [2.24, 2.45) is 5.73 Å². The lowest BCUT2D eigenvalue weighted by Gasteiger charge is -2.42. The molecule has 41 heavy (non-hydrogen) atoms. The molecule has 3 aliphatic rings. The first-order valence-corrected chi connectivity index (χ1v) is 15.3. The van der Waals surface area contributed by atoms with Crippen LogP contribution in [0.2, 0.25) is 0 Å². The number of carbonyl (C=O) groups is 2. The van der Waals surface area contributed by atoms with E-state index in [2.05, 4.69) is 70.5 Å². The summed E-state index contributed by atoms with van der Waals surface area (Å²) < 4.78 is 0. The highest BCUT2D eigenvalue weighted by atomic mass is 16.2. The second kappa shape index (κ2) is 11.9. The van der Waals surface area contributed by atoms with Crippen LogP contribution in [0.5, 0.6) is 0 Å². The Bertz CT molecular complexity index is 1250. The van der Waals surface area contributed by atoms with Crippen molar-refractivity contribution < 1.29 is 9.59 Å². The van der Waals surface area contributed by atoms with Gasteiger partial charge in [0.25, 0.3) is 5.91 Å². The van der Waals surface area contributed by atoms with E-state index in [4.69, 9.17) is 5.73 Å². The van der Waals surface area contributed by atoms with Crippen molar-refractivity contribution in [2.75, 3.05) is 43.9 Å². The van der Waals surface area contributed by atoms with E-state index < -0.39 is 5.91 Å². The maximum absolute atomic E-state index is 12.5. The third-order valence-corrected chi connectivity index (χ3v) is 9.58. The first-order valence-electron chi connectivity index (χ1n) is 15.3. The van der Waals surface area contributed by atoms with E-state index in [1.165, 1.54) is 44.3 Å². The van der Waals surface area contributed by atoms with Crippen LogP contribution in [0.4, 0.5) is 21.9 Å². The van der Waals surface area contributed by atoms with E-state index in [9.17, 15) is 9.59 Å². The number of carbonyl (C=O) groups excluding carboxylic acids is 2. The highest BCUT2D eigenvalue weighted by Gasteiger charge is 2.37. The molecule has 2 aromatic rings. The minimum absolute atomic E-state index is 0.0145. The molecule has 2 saturated heterocycles. The molecule has 5 rings (SSSR count). The Hall–Kier alpha value is -3.33. The number of amides is 3. The van der Waals surface area contributed by atoms with Crippen molar-refractivity contribution in [1.29, 1.82) is 0 Å². The highest BCUT2D eigenvalue weighted by Crippen LogP contribution is 2.40. The van der Waals surface area contributed by atoms with E-state index in [1.807, 2.05) is 0 Å². The van der Waals surface area contributed by atoms with Gasteiger partial charge in [-0.1, -0.05) is 26.0 Å². The molecule has 0 radical (unpaired) electrons. The molecule has 2 unspecified atom stereocenters. The molecule has 9 heteroatoms. The van der Waals surface area contributed by atoms with Crippen molar-refractivity contribution in [3.63, 3.8) is 0 Å². The highest BCUT2D eigenvalue weighted by molar-refractivity contribution is 5.99. The fourth-order valence-corrected chi connectivity index (χ4v) is 6.64. The van der Waals surface area contributed by atoms with Crippen LogP contribution < -0.4 is 21.3 Å². The van der Waals surface area contributed by atoms with Gasteiger partial charge in [-0.15, -0.1) is 0 Å². The number of piperidine rings is 2. The number of hydrogen-bond donors (Lipinski definition) is 3. The van der Waals surface area contributed by atoms with E-state index in [0.29, 0.717) is 12.1 Å². The van der Waals surface area contributed by atoms with Crippen molar-refractivity contribution >= 4 is 29.0 Å². The Balaban J connectivity index is 1.38. The van der Waals surface area contributed by atoms with Crippen molar-refractivity contribution in [2.45, 2.75) is 89.3 Å². The third kappa shape index (κ3) is 6.15. The van der Waals surface area contributed by atoms with E-state index in [0.717, 1.165) is 42.4 Å². The maximum atomic E-state index is 12.5. The van der Waals surface area contributed by atoms with Crippen molar-refractivity contribution in [3.05, 3.63) is 47.3 Å². The van der Waals surface area contributed by atoms with Crippen LogP contribution in [-0.4, -0.2) is 78.6 Å². The zero-order chi connectivity index (χ0) is 29.3. The first kappa shape index (κ1) is 29.2. The van der Waals surface area contributed by atoms with Gasteiger partial charge in [0.15, 0.2) is 5.69 Å². The second-order valence-corrected chi connectivity index (χ2v) is 12.6. The number of nitrogens with one attached hydrogen (secondary N) is 2. The number of benzene rings is 1. The van der Waals surface area contributed by atoms with Gasteiger partial charge in [0.1, 0.15) is 0 Å². The standard InChI is InChI=1S/C32H47N7O2/c1-6-25-27(39-17-7-8-26(21(39)2)36-31(41)37(4)5)20-34-29(30(33)40)28(25)35-23-11-9-22(10-12-23)32(3)15-18-38(19-16-32)24-13-14-24/h9-12,20-21,24,26,35H,6-8,13-19H2,1-5H3,(H2,33,40)(H,36,41). The fraction of sp³-hybridized carbons (Fsp3) is 0.594. The molecule has 3 heterocycles. The summed E-state index contributed by atoms with van der Waals surface area (Å²) in [7, 11) is 3.51. The number of aromatic nitrogens is 1. The summed E-state index contributed by atoms with van der Waals surface area (Å²) in [6, 6.07) is 9.51. The fourth-order valence-electron chi connectivity index (χ4n) is 6.64. The number of pyridine rings is 1. The molecule has 222 valence electrons. The summed E-state index contributed by atoms with van der Waals surface area (Å²) in [6.07, 6.45) is 9.43. The number of anilines is 3. The van der Waals surface area contributed by atoms with E-state index >= 15 is 0 Å². The minimum Gasteiger partial charge on any atom is -0.365 e. The predicted octanol–water partition coefficient (Wildman–Crippen LogP) is 4.63. The van der Waals surface area contributed by atoms with Gasteiger partial charge in [-0.3, -0.25) is 4.79 Å². The van der Waals surface area contributed by atoms with Gasteiger partial charge in [0.2, 0.25) is 0 Å². The number of nitrogens with zero attached hydrogens (tertiary/aromatic N) is 4. The van der Waals surface area contributed by atoms with Crippen molar-refractivity contribution in [1.82, 2.24) is 20.1 Å². The molecule has 3 fully saturated rings. The largest absolute Gasteiger partial charge is 0.365 e. The molecule has 4 N–H and O–H groups in total. The number of primary amides is 1. The molecule has 1 saturated carbocycles. The lowest BCUT2D eigenvalue weighted by atomic mass is 9.74. The summed E-state index contributed by atoms with van der Waals surface area (Å²) >= 11 is 0. The molecule has 0 bridgehead atoms. The van der Waals surface area contributed by atoms with Gasteiger partial charge < -0.3 is 31.1 Å². The van der Waals surface area contributed by atoms with Gasteiger partial charge in [-0.05, 0) is 88.1 Å². The normalized spacial score (nSPS) is 22.7. The molecular weight excluding hydrogens is 514 g/mol. The van der Waals surface area contributed by atoms with Gasteiger partial charge in [-0.25, -0.2) is 9.78 Å². The Kier molecular flexibility index (Phi) is 8.45. The average molecular weight is 562 g/mol. The topological polar surface area (TPSA) is 107 Å². The van der Waals surface area contributed by atoms with E-state index in [1.54, 1.807) is 25.2 Å². The van der Waals surface area contributed by atoms with Crippen molar-refractivity contribution in [3.8, 4) is 0 Å². The third-order valence-electron chi connectivity index (χ3n) is 9.58. The monoisotopic (exact) mass is 561 g/mol. The van der Waals surface area contributed by atoms with Crippen LogP contribution in [0.3, 0.4) is 0 Å². The molecule has 9 nitrogen and oxygen atoms in total. The quantitative estimate of drug-likeness (QED) is 0.434. The Morgan fingerprint density at radius 2 is 1.78 bits per heavy atom. The molecule has 3 amide bonds. The van der Waals surface area contributed by atoms with Gasteiger partial charge in [0.05, 0.1) is 23.6 Å². The lowest BCUT2D eigenvalue weighted by Crippen LogP contribution is -2.56. The molecule has 2 atom stereocenters. The summed E-state index contributed by atoms with van der Waals surface area (Å²) in [5.74, 6) is -0.553. The first-order chi connectivity index (χ1) is 19.6. The number of nitrogens with two attached hydrogens (primary N) is 1. The summed E-state index contributed by atoms with van der Waals surface area (Å²) in [5, 5.41) is 6.69. The Labute approximate surface area is 244 Å². The summed E-state index contributed by atoms with van der Waals surface area (Å²) in [4.78, 5) is 36.0. The lowest BCUT2D eigenvalue weighted by molar-refractivity contribution is 0.0996. The smallest absolute Gasteiger partial charge is 0.317 e. The van der Waals surface area contributed by atoms with Gasteiger partial charge in [-0.2, -0.15) is 0 Å². The molecular formula is C32H47N7O2. The molecule has 1 aliphatic carbocycles. The predicted molar refractivity (Wildman–Crippen MR) is 165 cm³/mol. The van der Waals surface area contributed by atoms with E-state index in [-0.39, 0.29) is 29.2 Å². The average Bonchev–Trinajstić information content (AvgIpc) is 3.80. The van der Waals surface area contributed by atoms with Crippen LogP contribution in [-0.2, 0) is 11.8 Å². The minimum atomic E-state index is -0.553. The molecule has 0 spiro atoms. The summed E-state index contributed by atoms with van der Waals surface area (Å²) in [6.45, 7) is 9.83. The molecule has 1 aromatic carbocycles. The van der Waals surface area contributed by atoms with Gasteiger partial charge >= 0.3 is 6.03 Å². The van der Waals surface area contributed by atoms with Crippen LogP contribution in [0.1, 0.15) is 80.9 Å². The Morgan fingerprint density at radius 3 is 2.37 bits per heavy atom. The van der Waals surface area contributed by atoms with Gasteiger partial charge in [0, 0.05) is 44.0 Å². The Morgan fingerprint density at radius 1 is 1.10 bits per heavy atom. The number of urea groups is 1. The van der Waals surface area contributed by atoms with Crippen LogP contribution in [0.25, 0.3) is 0 Å². The second-order valence-electron chi connectivity index (χ2n) is 12.6. The zero-order valence-electron chi connectivity index (χ0n) is 25.4. The SMILES string of the molecule is CCc1c(N2CCCC(NC(=O)N(C)C)C2C)cnc(C(N)=O)c1Nc1ccc(C2(C)CCN(C3CC3)CC2)cc1. The number of rotatable bonds is 8. The van der Waals surface area contributed by atoms with Crippen LogP contribution in [0.15, 0.2) is 30.5 Å². The number of likely N-dealkylation sites (tertiary alicyclic amines) is 1. The maximum Gasteiger partial charge on any atom is 0.317 e. The number of hydrogen-bond acceptors (Lipinski definition) is 6. The molecule has 2 aliphatic heterocycles. The van der Waals surface area contributed by atoms with Crippen LogP contribution in [0, 0.1) is 0 Å². The summed E-state index contributed by atoms with van der Waals surface area (Å²) in [5.41, 5.74) is 11.2. The van der Waals surface area contributed by atoms with Crippen LogP contribution >= 0.6 is 0 Å². The zero-order valence-corrected chi connectivity index (χ0v) is 25.4.